The van der Waals surface area contributed by atoms with Gasteiger partial charge in [-0.15, -0.1) is 0 Å². The Morgan fingerprint density at radius 1 is 1.03 bits per heavy atom. The number of benzene rings is 2. The second-order valence-corrected chi connectivity index (χ2v) is 8.95. The first-order chi connectivity index (χ1) is 13.9. The average molecular weight is 418 g/mol. The smallest absolute Gasteiger partial charge is 0.260 e. The van der Waals surface area contributed by atoms with E-state index in [1.807, 2.05) is 18.2 Å². The third-order valence-electron chi connectivity index (χ3n) is 4.97. The van der Waals surface area contributed by atoms with Gasteiger partial charge in [0.05, 0.1) is 4.90 Å². The van der Waals surface area contributed by atoms with Gasteiger partial charge in [0.25, 0.3) is 5.91 Å². The number of rotatable bonds is 7. The molecule has 0 aliphatic carbocycles. The van der Waals surface area contributed by atoms with Crippen LogP contribution < -0.4 is 10.1 Å². The molecule has 29 heavy (non-hydrogen) atoms. The number of amides is 1. The molecule has 1 aliphatic rings. The van der Waals surface area contributed by atoms with Gasteiger partial charge in [0.2, 0.25) is 10.0 Å². The van der Waals surface area contributed by atoms with Crippen LogP contribution >= 0.6 is 0 Å². The molecule has 1 heterocycles. The number of sulfonamides is 1. The van der Waals surface area contributed by atoms with Gasteiger partial charge in [-0.1, -0.05) is 30.3 Å². The lowest BCUT2D eigenvalue weighted by Gasteiger charge is -2.34. The van der Waals surface area contributed by atoms with Crippen LogP contribution in [0.4, 0.5) is 0 Å². The van der Waals surface area contributed by atoms with Crippen LogP contribution in [0.15, 0.2) is 59.5 Å². The van der Waals surface area contributed by atoms with Gasteiger partial charge in [-0.2, -0.15) is 4.31 Å². The molecule has 0 saturated carbocycles. The summed E-state index contributed by atoms with van der Waals surface area (Å²) >= 11 is 0. The van der Waals surface area contributed by atoms with E-state index in [0.29, 0.717) is 31.9 Å². The molecule has 0 unspecified atom stereocenters. The zero-order chi connectivity index (χ0) is 20.9. The molecule has 1 atom stereocenters. The average Bonchev–Trinajstić information content (AvgIpc) is 2.74. The first-order valence-corrected chi connectivity index (χ1v) is 11.1. The van der Waals surface area contributed by atoms with Crippen LogP contribution in [0.1, 0.15) is 12.5 Å². The monoisotopic (exact) mass is 417 g/mol. The number of carbonyl (C=O) groups excluding carboxylic acids is 1. The van der Waals surface area contributed by atoms with Gasteiger partial charge in [0.1, 0.15) is 5.75 Å². The van der Waals surface area contributed by atoms with Crippen molar-refractivity contribution in [1.82, 2.24) is 14.5 Å². The molecule has 0 radical (unpaired) electrons. The van der Waals surface area contributed by atoms with E-state index in [4.69, 9.17) is 4.74 Å². The number of ether oxygens (including phenoxy) is 1. The van der Waals surface area contributed by atoms with Crippen LogP contribution in [0, 0.1) is 0 Å². The van der Waals surface area contributed by atoms with Crippen LogP contribution in [0.5, 0.6) is 5.75 Å². The summed E-state index contributed by atoms with van der Waals surface area (Å²) in [6.45, 7) is 4.77. The summed E-state index contributed by atoms with van der Waals surface area (Å²) in [4.78, 5) is 14.0. The standard InChI is InChI=1S/C21H27N3O4S/c1-17(21(25)22-2)28-19-8-10-20(11-9-19)29(26,27)24-14-12-23(13-15-24)16-18-6-4-3-5-7-18/h3-11,17H,12-16H2,1-2H3,(H,22,25)/t17-/m0/s1. The van der Waals surface area contributed by atoms with E-state index < -0.39 is 16.1 Å². The van der Waals surface area contributed by atoms with Crippen LogP contribution in [0.2, 0.25) is 0 Å². The molecule has 1 aliphatic heterocycles. The molecule has 156 valence electrons. The summed E-state index contributed by atoms with van der Waals surface area (Å²) in [5.74, 6) is 0.211. The quantitative estimate of drug-likeness (QED) is 0.742. The van der Waals surface area contributed by atoms with Gasteiger partial charge >= 0.3 is 0 Å². The Morgan fingerprint density at radius 3 is 2.24 bits per heavy atom. The van der Waals surface area contributed by atoms with E-state index in [1.165, 1.54) is 29.0 Å². The number of nitrogens with one attached hydrogen (secondary N) is 1. The number of hydrogen-bond acceptors (Lipinski definition) is 5. The van der Waals surface area contributed by atoms with Crippen LogP contribution in [-0.2, 0) is 21.4 Å². The van der Waals surface area contributed by atoms with Gasteiger partial charge in [-0.25, -0.2) is 8.42 Å². The predicted molar refractivity (Wildman–Crippen MR) is 111 cm³/mol. The van der Waals surface area contributed by atoms with Crippen molar-refractivity contribution in [2.45, 2.75) is 24.5 Å². The number of carbonyl (C=O) groups is 1. The largest absolute Gasteiger partial charge is 0.481 e. The minimum Gasteiger partial charge on any atom is -0.481 e. The van der Waals surface area contributed by atoms with Crippen molar-refractivity contribution in [2.75, 3.05) is 33.2 Å². The maximum absolute atomic E-state index is 12.9. The summed E-state index contributed by atoms with van der Waals surface area (Å²) in [6, 6.07) is 16.4. The number of hydrogen-bond donors (Lipinski definition) is 1. The molecule has 3 rings (SSSR count). The third-order valence-corrected chi connectivity index (χ3v) is 6.88. The predicted octanol–water partition coefficient (Wildman–Crippen LogP) is 1.71. The topological polar surface area (TPSA) is 78.9 Å². The highest BCUT2D eigenvalue weighted by molar-refractivity contribution is 7.89. The fourth-order valence-corrected chi connectivity index (χ4v) is 4.69. The van der Waals surface area contributed by atoms with Crippen molar-refractivity contribution in [3.8, 4) is 5.75 Å². The zero-order valence-electron chi connectivity index (χ0n) is 16.7. The fourth-order valence-electron chi connectivity index (χ4n) is 3.27. The van der Waals surface area contributed by atoms with Gasteiger partial charge in [-0.05, 0) is 36.8 Å². The molecule has 1 fully saturated rings. The summed E-state index contributed by atoms with van der Waals surface area (Å²) in [5.41, 5.74) is 1.23. The number of piperazine rings is 1. The van der Waals surface area contributed by atoms with Crippen molar-refractivity contribution in [3.05, 3.63) is 60.2 Å². The van der Waals surface area contributed by atoms with E-state index >= 15 is 0 Å². The van der Waals surface area contributed by atoms with Crippen molar-refractivity contribution >= 4 is 15.9 Å². The third kappa shape index (κ3) is 5.35. The minimum absolute atomic E-state index is 0.231. The normalized spacial score (nSPS) is 16.9. The van der Waals surface area contributed by atoms with Crippen LogP contribution in [0.3, 0.4) is 0 Å². The molecular formula is C21H27N3O4S. The molecule has 8 heteroatoms. The van der Waals surface area contributed by atoms with Gasteiger partial charge in [0, 0.05) is 39.8 Å². The Labute approximate surface area is 172 Å². The fraction of sp³-hybridized carbons (Fsp3) is 0.381. The Hall–Kier alpha value is -2.42. The maximum atomic E-state index is 12.9. The lowest BCUT2D eigenvalue weighted by molar-refractivity contribution is -0.126. The molecular weight excluding hydrogens is 390 g/mol. The highest BCUT2D eigenvalue weighted by Gasteiger charge is 2.28. The van der Waals surface area contributed by atoms with E-state index in [-0.39, 0.29) is 10.8 Å². The summed E-state index contributed by atoms with van der Waals surface area (Å²) in [7, 11) is -2.01. The summed E-state index contributed by atoms with van der Waals surface area (Å²) in [6.07, 6.45) is -0.653. The summed E-state index contributed by atoms with van der Waals surface area (Å²) in [5, 5.41) is 2.51. The molecule has 0 spiro atoms. The highest BCUT2D eigenvalue weighted by atomic mass is 32.2. The van der Waals surface area contributed by atoms with Crippen molar-refractivity contribution in [1.29, 1.82) is 0 Å². The molecule has 0 aromatic heterocycles. The lowest BCUT2D eigenvalue weighted by Crippen LogP contribution is -2.48. The Morgan fingerprint density at radius 2 is 1.66 bits per heavy atom. The highest BCUT2D eigenvalue weighted by Crippen LogP contribution is 2.22. The molecule has 2 aromatic carbocycles. The molecule has 7 nitrogen and oxygen atoms in total. The van der Waals surface area contributed by atoms with Gasteiger partial charge < -0.3 is 10.1 Å². The van der Waals surface area contributed by atoms with E-state index in [1.54, 1.807) is 19.1 Å². The molecule has 2 aromatic rings. The van der Waals surface area contributed by atoms with Gasteiger partial charge in [-0.3, -0.25) is 9.69 Å². The van der Waals surface area contributed by atoms with Crippen molar-refractivity contribution in [2.24, 2.45) is 0 Å². The molecule has 0 bridgehead atoms. The Kier molecular flexibility index (Phi) is 6.89. The van der Waals surface area contributed by atoms with E-state index in [2.05, 4.69) is 22.3 Å². The number of likely N-dealkylation sites (N-methyl/N-ethyl adjacent to an activating group) is 1. The second-order valence-electron chi connectivity index (χ2n) is 7.01. The number of nitrogens with zero attached hydrogens (tertiary/aromatic N) is 2. The first-order valence-electron chi connectivity index (χ1n) is 9.65. The molecule has 1 amide bonds. The van der Waals surface area contributed by atoms with Crippen molar-refractivity contribution in [3.63, 3.8) is 0 Å². The zero-order valence-corrected chi connectivity index (χ0v) is 17.6. The van der Waals surface area contributed by atoms with E-state index in [9.17, 15) is 13.2 Å². The SMILES string of the molecule is CNC(=O)[C@H](C)Oc1ccc(S(=O)(=O)N2CCN(Cc3ccccc3)CC2)cc1. The van der Waals surface area contributed by atoms with Crippen LogP contribution in [0.25, 0.3) is 0 Å². The first kappa shape index (κ1) is 21.3. The second kappa shape index (κ2) is 9.39. The van der Waals surface area contributed by atoms with E-state index in [0.717, 1.165) is 6.54 Å². The molecule has 1 saturated heterocycles. The Bertz CT molecular complexity index is 909. The minimum atomic E-state index is -3.55. The van der Waals surface area contributed by atoms with Gasteiger partial charge in [0.15, 0.2) is 6.10 Å². The maximum Gasteiger partial charge on any atom is 0.260 e. The Balaban J connectivity index is 1.59. The summed E-state index contributed by atoms with van der Waals surface area (Å²) < 4.78 is 32.9. The van der Waals surface area contributed by atoms with Crippen molar-refractivity contribution < 1.29 is 17.9 Å². The van der Waals surface area contributed by atoms with Crippen LogP contribution in [-0.4, -0.2) is 62.9 Å². The lowest BCUT2D eigenvalue weighted by atomic mass is 10.2. The molecule has 1 N–H and O–H groups in total.